The monoisotopic (exact) mass is 595 g/mol. The standard InChI is InChI=1S/C34H33N3O3S2/c1-22-20-25(21-29-32(39)36(34(40)42-29)19-11-14-24-12-5-3-6-13-24)23(2)37(22)33-30(27-17-9-10-18-28(27)41-33)31(38)35-26-15-7-4-8-16-26/h3-8,12-13,15-16,20-21H,9-11,14,17-19H2,1-2H3,(H,35,38)/b29-21+. The van der Waals surface area contributed by atoms with Crippen molar-refractivity contribution in [3.05, 3.63) is 110 Å². The van der Waals surface area contributed by atoms with E-state index in [4.69, 9.17) is 0 Å². The molecule has 214 valence electrons. The van der Waals surface area contributed by atoms with Crippen LogP contribution in [-0.4, -0.2) is 33.1 Å². The molecule has 6 nitrogen and oxygen atoms in total. The van der Waals surface area contributed by atoms with Crippen molar-refractivity contribution in [1.82, 2.24) is 9.47 Å². The van der Waals surface area contributed by atoms with E-state index in [1.54, 1.807) is 11.3 Å². The van der Waals surface area contributed by atoms with Gasteiger partial charge in [-0.1, -0.05) is 48.5 Å². The van der Waals surface area contributed by atoms with Crippen LogP contribution in [0.3, 0.4) is 0 Å². The summed E-state index contributed by atoms with van der Waals surface area (Å²) in [6, 6.07) is 21.7. The van der Waals surface area contributed by atoms with E-state index in [-0.39, 0.29) is 17.1 Å². The molecule has 3 amide bonds. The van der Waals surface area contributed by atoms with Gasteiger partial charge >= 0.3 is 0 Å². The molecule has 4 aromatic rings. The molecule has 1 aliphatic heterocycles. The second-order valence-electron chi connectivity index (χ2n) is 10.8. The lowest BCUT2D eigenvalue weighted by Crippen LogP contribution is -2.29. The van der Waals surface area contributed by atoms with E-state index in [0.29, 0.717) is 11.4 Å². The number of anilines is 1. The van der Waals surface area contributed by atoms with Crippen molar-refractivity contribution in [2.24, 2.45) is 0 Å². The lowest BCUT2D eigenvalue weighted by molar-refractivity contribution is -0.122. The number of hydrogen-bond acceptors (Lipinski definition) is 5. The summed E-state index contributed by atoms with van der Waals surface area (Å²) in [6.07, 6.45) is 7.45. The maximum Gasteiger partial charge on any atom is 0.293 e. The zero-order chi connectivity index (χ0) is 29.2. The van der Waals surface area contributed by atoms with Gasteiger partial charge in [0, 0.05) is 28.5 Å². The van der Waals surface area contributed by atoms with E-state index in [2.05, 4.69) is 22.0 Å². The fraction of sp³-hybridized carbons (Fsp3) is 0.265. The van der Waals surface area contributed by atoms with E-state index in [0.717, 1.165) is 89.1 Å². The molecule has 0 saturated carbocycles. The highest BCUT2D eigenvalue weighted by Gasteiger charge is 2.35. The average Bonchev–Trinajstić information content (AvgIpc) is 3.60. The van der Waals surface area contributed by atoms with Gasteiger partial charge in [0.1, 0.15) is 5.00 Å². The molecule has 1 saturated heterocycles. The van der Waals surface area contributed by atoms with Crippen molar-refractivity contribution in [3.8, 4) is 5.00 Å². The lowest BCUT2D eigenvalue weighted by Gasteiger charge is -2.14. The van der Waals surface area contributed by atoms with Crippen LogP contribution in [-0.2, 0) is 24.1 Å². The van der Waals surface area contributed by atoms with Gasteiger partial charge in [-0.15, -0.1) is 11.3 Å². The number of fused-ring (bicyclic) bond motifs is 1. The topological polar surface area (TPSA) is 71.4 Å². The number of thioether (sulfide) groups is 1. The molecule has 2 aromatic heterocycles. The van der Waals surface area contributed by atoms with Gasteiger partial charge in [-0.2, -0.15) is 0 Å². The first-order valence-electron chi connectivity index (χ1n) is 14.4. The Morgan fingerprint density at radius 1 is 0.976 bits per heavy atom. The summed E-state index contributed by atoms with van der Waals surface area (Å²) in [5.74, 6) is -0.335. The summed E-state index contributed by atoms with van der Waals surface area (Å²) in [6.45, 7) is 4.44. The first-order valence-corrected chi connectivity index (χ1v) is 16.0. The minimum Gasteiger partial charge on any atom is -0.322 e. The number of benzene rings is 2. The number of nitrogens with one attached hydrogen (secondary N) is 1. The summed E-state index contributed by atoms with van der Waals surface area (Å²) in [5.41, 5.74) is 6.66. The molecule has 2 aromatic carbocycles. The summed E-state index contributed by atoms with van der Waals surface area (Å²) in [5, 5.41) is 3.80. The third-order valence-corrected chi connectivity index (χ3v) is 10.1. The zero-order valence-corrected chi connectivity index (χ0v) is 25.4. The molecule has 1 fully saturated rings. The van der Waals surface area contributed by atoms with Crippen LogP contribution in [0.25, 0.3) is 11.1 Å². The number of nitrogens with zero attached hydrogens (tertiary/aromatic N) is 2. The number of hydrogen-bond donors (Lipinski definition) is 1. The Morgan fingerprint density at radius 2 is 1.69 bits per heavy atom. The van der Waals surface area contributed by atoms with Crippen LogP contribution in [0.2, 0.25) is 0 Å². The molecule has 42 heavy (non-hydrogen) atoms. The van der Waals surface area contributed by atoms with Crippen LogP contribution in [0, 0.1) is 13.8 Å². The van der Waals surface area contributed by atoms with E-state index in [1.807, 2.05) is 74.5 Å². The van der Waals surface area contributed by atoms with Crippen molar-refractivity contribution in [2.75, 3.05) is 11.9 Å². The minimum absolute atomic E-state index is 0.0960. The van der Waals surface area contributed by atoms with Gasteiger partial charge < -0.3 is 9.88 Å². The third kappa shape index (κ3) is 5.61. The predicted octanol–water partition coefficient (Wildman–Crippen LogP) is 7.96. The molecule has 0 unspecified atom stereocenters. The smallest absolute Gasteiger partial charge is 0.293 e. The Hall–Kier alpha value is -3.88. The summed E-state index contributed by atoms with van der Waals surface area (Å²) >= 11 is 2.70. The van der Waals surface area contributed by atoms with Gasteiger partial charge in [-0.05, 0) is 105 Å². The zero-order valence-electron chi connectivity index (χ0n) is 23.8. The highest BCUT2D eigenvalue weighted by molar-refractivity contribution is 8.18. The Morgan fingerprint density at radius 3 is 2.45 bits per heavy atom. The van der Waals surface area contributed by atoms with Crippen molar-refractivity contribution in [3.63, 3.8) is 0 Å². The maximum absolute atomic E-state index is 13.7. The van der Waals surface area contributed by atoms with Crippen LogP contribution < -0.4 is 5.32 Å². The molecular weight excluding hydrogens is 563 g/mol. The fourth-order valence-electron chi connectivity index (χ4n) is 5.82. The molecule has 3 heterocycles. The Bertz CT molecular complexity index is 1690. The molecule has 0 bridgehead atoms. The van der Waals surface area contributed by atoms with E-state index >= 15 is 0 Å². The van der Waals surface area contributed by atoms with Crippen LogP contribution >= 0.6 is 23.1 Å². The largest absolute Gasteiger partial charge is 0.322 e. The van der Waals surface area contributed by atoms with Crippen LogP contribution in [0.1, 0.15) is 62.6 Å². The number of carbonyl (C=O) groups is 3. The van der Waals surface area contributed by atoms with E-state index in [1.165, 1.54) is 15.3 Å². The van der Waals surface area contributed by atoms with Crippen molar-refractivity contribution in [2.45, 2.75) is 52.4 Å². The Kier molecular flexibility index (Phi) is 8.18. The van der Waals surface area contributed by atoms with Crippen LogP contribution in [0.4, 0.5) is 10.5 Å². The molecule has 1 N–H and O–H groups in total. The number of aryl methyl sites for hydroxylation is 3. The normalized spacial score (nSPS) is 15.9. The molecule has 6 rings (SSSR count). The maximum atomic E-state index is 13.7. The van der Waals surface area contributed by atoms with Gasteiger partial charge in [0.2, 0.25) is 0 Å². The molecule has 0 radical (unpaired) electrons. The first kappa shape index (κ1) is 28.2. The number of rotatable bonds is 8. The molecular formula is C34H33N3O3S2. The summed E-state index contributed by atoms with van der Waals surface area (Å²) in [4.78, 5) is 42.8. The van der Waals surface area contributed by atoms with E-state index in [9.17, 15) is 14.4 Å². The van der Waals surface area contributed by atoms with Gasteiger partial charge in [0.25, 0.3) is 17.1 Å². The Labute approximate surface area is 254 Å². The lowest BCUT2D eigenvalue weighted by atomic mass is 9.95. The number of amides is 3. The van der Waals surface area contributed by atoms with Crippen molar-refractivity contribution >= 4 is 51.9 Å². The SMILES string of the molecule is Cc1cc(/C=C2/SC(=O)N(CCCc3ccccc3)C2=O)c(C)n1-c1sc2c(c1C(=O)Nc1ccccc1)CCCC2. The highest BCUT2D eigenvalue weighted by Crippen LogP contribution is 2.40. The molecule has 2 aliphatic rings. The summed E-state index contributed by atoms with van der Waals surface area (Å²) in [7, 11) is 0. The predicted molar refractivity (Wildman–Crippen MR) is 172 cm³/mol. The first-order chi connectivity index (χ1) is 20.4. The Balaban J connectivity index is 1.27. The second-order valence-corrected chi connectivity index (χ2v) is 12.9. The minimum atomic E-state index is -0.239. The van der Waals surface area contributed by atoms with Crippen LogP contribution in [0.5, 0.6) is 0 Å². The second kappa shape index (κ2) is 12.2. The number of para-hydroxylation sites is 1. The number of carbonyl (C=O) groups excluding carboxylic acids is 3. The highest BCUT2D eigenvalue weighted by atomic mass is 32.2. The van der Waals surface area contributed by atoms with Crippen LogP contribution in [0.15, 0.2) is 71.6 Å². The van der Waals surface area contributed by atoms with Gasteiger partial charge in [-0.25, -0.2) is 0 Å². The molecule has 8 heteroatoms. The molecule has 1 aliphatic carbocycles. The molecule has 0 spiro atoms. The van der Waals surface area contributed by atoms with Crippen molar-refractivity contribution < 1.29 is 14.4 Å². The number of thiophene rings is 1. The van der Waals surface area contributed by atoms with Gasteiger partial charge in [-0.3, -0.25) is 19.3 Å². The fourth-order valence-corrected chi connectivity index (χ4v) is 8.18. The van der Waals surface area contributed by atoms with Gasteiger partial charge in [0.15, 0.2) is 0 Å². The van der Waals surface area contributed by atoms with Gasteiger partial charge in [0.05, 0.1) is 10.5 Å². The average molecular weight is 596 g/mol. The number of imide groups is 1. The third-order valence-electron chi connectivity index (χ3n) is 7.93. The quantitative estimate of drug-likeness (QED) is 0.210. The molecule has 0 atom stereocenters. The summed E-state index contributed by atoms with van der Waals surface area (Å²) < 4.78 is 2.14. The van der Waals surface area contributed by atoms with Crippen molar-refractivity contribution in [1.29, 1.82) is 0 Å². The number of aromatic nitrogens is 1. The van der Waals surface area contributed by atoms with E-state index < -0.39 is 0 Å².